The smallest absolute Gasteiger partial charge is 0.294 e. The number of nitro groups is 2. The molecule has 0 fully saturated rings. The lowest BCUT2D eigenvalue weighted by Crippen LogP contribution is -2.08. The molecule has 0 aliphatic carbocycles. The van der Waals surface area contributed by atoms with Crippen LogP contribution in [0, 0.1) is 20.2 Å². The first-order chi connectivity index (χ1) is 10.4. The number of H-pyrrole nitrogens is 1. The van der Waals surface area contributed by atoms with Crippen molar-refractivity contribution in [1.29, 1.82) is 0 Å². The molecule has 0 unspecified atom stereocenters. The number of pyridine rings is 1. The van der Waals surface area contributed by atoms with E-state index in [4.69, 9.17) is 0 Å². The third-order valence-electron chi connectivity index (χ3n) is 3.27. The zero-order valence-corrected chi connectivity index (χ0v) is 12.3. The predicted octanol–water partition coefficient (Wildman–Crippen LogP) is 3.26. The van der Waals surface area contributed by atoms with Crippen LogP contribution in [0.4, 0.5) is 11.4 Å². The molecule has 0 spiro atoms. The summed E-state index contributed by atoms with van der Waals surface area (Å²) in [5.41, 5.74) is -1.00. The maximum atomic E-state index is 12.1. The standard InChI is InChI=1S/C13H6BrN3O5/c14-6-3-9-8-2-1-7(16(19)20)5-10(8)13(18)15-12(9)11(4-6)17(21)22/h1-5H,(H,15,18). The van der Waals surface area contributed by atoms with Crippen LogP contribution in [-0.2, 0) is 0 Å². The van der Waals surface area contributed by atoms with Crippen molar-refractivity contribution in [1.82, 2.24) is 4.98 Å². The van der Waals surface area contributed by atoms with Gasteiger partial charge in [0, 0.05) is 28.1 Å². The number of non-ortho nitro benzene ring substituents is 2. The summed E-state index contributed by atoms with van der Waals surface area (Å²) in [6.45, 7) is 0. The Kier molecular flexibility index (Phi) is 3.14. The molecule has 1 aromatic heterocycles. The zero-order valence-electron chi connectivity index (χ0n) is 10.7. The van der Waals surface area contributed by atoms with E-state index < -0.39 is 15.4 Å². The second-order valence-corrected chi connectivity index (χ2v) is 5.46. The largest absolute Gasteiger partial charge is 0.316 e. The fourth-order valence-electron chi connectivity index (χ4n) is 2.33. The third kappa shape index (κ3) is 2.11. The van der Waals surface area contributed by atoms with E-state index in [9.17, 15) is 25.0 Å². The molecule has 3 aromatic rings. The summed E-state index contributed by atoms with van der Waals surface area (Å²) in [5.74, 6) is 0. The van der Waals surface area contributed by atoms with E-state index >= 15 is 0 Å². The van der Waals surface area contributed by atoms with Crippen LogP contribution in [0.1, 0.15) is 0 Å². The van der Waals surface area contributed by atoms with E-state index in [-0.39, 0.29) is 22.3 Å². The molecular weight excluding hydrogens is 358 g/mol. The number of hydrogen-bond acceptors (Lipinski definition) is 5. The summed E-state index contributed by atoms with van der Waals surface area (Å²) in [6.07, 6.45) is 0. The number of fused-ring (bicyclic) bond motifs is 3. The number of aromatic amines is 1. The molecule has 110 valence electrons. The summed E-state index contributed by atoms with van der Waals surface area (Å²) in [4.78, 5) is 35.3. The van der Waals surface area contributed by atoms with Crippen molar-refractivity contribution in [3.63, 3.8) is 0 Å². The van der Waals surface area contributed by atoms with Gasteiger partial charge in [0.25, 0.3) is 16.9 Å². The average Bonchev–Trinajstić information content (AvgIpc) is 2.47. The number of hydrogen-bond donors (Lipinski definition) is 1. The number of rotatable bonds is 2. The minimum Gasteiger partial charge on any atom is -0.316 e. The third-order valence-corrected chi connectivity index (χ3v) is 3.72. The van der Waals surface area contributed by atoms with Crippen LogP contribution in [0.2, 0.25) is 0 Å². The van der Waals surface area contributed by atoms with Crippen LogP contribution in [0.25, 0.3) is 21.7 Å². The minimum absolute atomic E-state index is 0.0829. The topological polar surface area (TPSA) is 119 Å². The van der Waals surface area contributed by atoms with E-state index in [1.807, 2.05) is 0 Å². The molecule has 1 heterocycles. The molecule has 1 N–H and O–H groups in total. The predicted molar refractivity (Wildman–Crippen MR) is 83.1 cm³/mol. The van der Waals surface area contributed by atoms with E-state index in [1.165, 1.54) is 18.2 Å². The molecular formula is C13H6BrN3O5. The first-order valence-corrected chi connectivity index (χ1v) is 6.76. The van der Waals surface area contributed by atoms with Gasteiger partial charge in [-0.1, -0.05) is 15.9 Å². The number of nitrogens with one attached hydrogen (secondary N) is 1. The molecule has 0 saturated carbocycles. The Morgan fingerprint density at radius 2 is 1.68 bits per heavy atom. The highest BCUT2D eigenvalue weighted by Gasteiger charge is 2.18. The monoisotopic (exact) mass is 363 g/mol. The van der Waals surface area contributed by atoms with Gasteiger partial charge in [-0.05, 0) is 17.5 Å². The van der Waals surface area contributed by atoms with Crippen molar-refractivity contribution in [2.75, 3.05) is 0 Å². The van der Waals surface area contributed by atoms with Crippen LogP contribution in [0.5, 0.6) is 0 Å². The van der Waals surface area contributed by atoms with E-state index in [0.717, 1.165) is 6.07 Å². The van der Waals surface area contributed by atoms with Crippen molar-refractivity contribution in [2.45, 2.75) is 0 Å². The second kappa shape index (κ2) is 4.88. The molecule has 9 heteroatoms. The Balaban J connectivity index is 2.54. The number of aromatic nitrogens is 1. The van der Waals surface area contributed by atoms with Crippen LogP contribution < -0.4 is 5.56 Å². The number of benzene rings is 2. The second-order valence-electron chi connectivity index (χ2n) is 4.55. The van der Waals surface area contributed by atoms with Crippen molar-refractivity contribution in [3.05, 3.63) is 65.4 Å². The molecule has 0 bridgehead atoms. The number of nitro benzene ring substituents is 2. The fraction of sp³-hybridized carbons (Fsp3) is 0. The van der Waals surface area contributed by atoms with Gasteiger partial charge < -0.3 is 4.98 Å². The molecule has 0 aliphatic rings. The van der Waals surface area contributed by atoms with Crippen LogP contribution in [-0.4, -0.2) is 14.8 Å². The lowest BCUT2D eigenvalue weighted by Gasteiger charge is -2.05. The zero-order chi connectivity index (χ0) is 16.0. The number of nitrogens with zero attached hydrogens (tertiary/aromatic N) is 2. The summed E-state index contributed by atoms with van der Waals surface area (Å²) >= 11 is 3.19. The van der Waals surface area contributed by atoms with Gasteiger partial charge in [-0.3, -0.25) is 25.0 Å². The molecule has 0 atom stereocenters. The van der Waals surface area contributed by atoms with Gasteiger partial charge in [-0.25, -0.2) is 0 Å². The molecule has 0 radical (unpaired) electrons. The van der Waals surface area contributed by atoms with Gasteiger partial charge in [0.1, 0.15) is 5.52 Å². The molecule has 0 aliphatic heterocycles. The Morgan fingerprint density at radius 1 is 0.955 bits per heavy atom. The average molecular weight is 364 g/mol. The Labute approximate surface area is 129 Å². The van der Waals surface area contributed by atoms with E-state index in [2.05, 4.69) is 20.9 Å². The summed E-state index contributed by atoms with van der Waals surface area (Å²) in [6, 6.07) is 6.73. The van der Waals surface area contributed by atoms with E-state index in [0.29, 0.717) is 15.2 Å². The van der Waals surface area contributed by atoms with E-state index in [1.54, 1.807) is 6.07 Å². The quantitative estimate of drug-likeness (QED) is 0.425. The normalized spacial score (nSPS) is 11.0. The fourth-order valence-corrected chi connectivity index (χ4v) is 2.78. The van der Waals surface area contributed by atoms with Crippen molar-refractivity contribution in [3.8, 4) is 0 Å². The molecule has 8 nitrogen and oxygen atoms in total. The van der Waals surface area contributed by atoms with Gasteiger partial charge >= 0.3 is 0 Å². The molecule has 3 rings (SSSR count). The van der Waals surface area contributed by atoms with Crippen molar-refractivity contribution >= 4 is 49.0 Å². The first-order valence-electron chi connectivity index (χ1n) is 5.96. The van der Waals surface area contributed by atoms with Crippen LogP contribution in [0.3, 0.4) is 0 Å². The molecule has 2 aromatic carbocycles. The summed E-state index contributed by atoms with van der Waals surface area (Å²) < 4.78 is 0.471. The lowest BCUT2D eigenvalue weighted by molar-refractivity contribution is -0.384. The highest BCUT2D eigenvalue weighted by Crippen LogP contribution is 2.32. The van der Waals surface area contributed by atoms with Crippen LogP contribution in [0.15, 0.2) is 39.6 Å². The minimum atomic E-state index is -0.614. The van der Waals surface area contributed by atoms with Gasteiger partial charge in [0.2, 0.25) is 0 Å². The maximum Gasteiger partial charge on any atom is 0.294 e. The van der Waals surface area contributed by atoms with Crippen molar-refractivity contribution < 1.29 is 9.85 Å². The van der Waals surface area contributed by atoms with Crippen LogP contribution >= 0.6 is 15.9 Å². The van der Waals surface area contributed by atoms with Gasteiger partial charge in [-0.15, -0.1) is 0 Å². The number of halogens is 1. The summed E-state index contributed by atoms with van der Waals surface area (Å²) in [5, 5.41) is 22.9. The highest BCUT2D eigenvalue weighted by atomic mass is 79.9. The van der Waals surface area contributed by atoms with Gasteiger partial charge in [0.15, 0.2) is 0 Å². The highest BCUT2D eigenvalue weighted by molar-refractivity contribution is 9.10. The lowest BCUT2D eigenvalue weighted by atomic mass is 10.1. The molecule has 0 saturated heterocycles. The molecule has 22 heavy (non-hydrogen) atoms. The molecule has 0 amide bonds. The Morgan fingerprint density at radius 3 is 2.32 bits per heavy atom. The Bertz CT molecular complexity index is 1030. The Hall–Kier alpha value is -2.81. The van der Waals surface area contributed by atoms with Crippen molar-refractivity contribution in [2.24, 2.45) is 0 Å². The van der Waals surface area contributed by atoms with Gasteiger partial charge in [0.05, 0.1) is 15.2 Å². The first kappa shape index (κ1) is 14.1. The maximum absolute atomic E-state index is 12.1. The summed E-state index contributed by atoms with van der Waals surface area (Å²) in [7, 11) is 0. The van der Waals surface area contributed by atoms with Gasteiger partial charge in [-0.2, -0.15) is 0 Å². The SMILES string of the molecule is O=c1[nH]c2c([N+](=O)[O-])cc(Br)cc2c2ccc([N+](=O)[O-])cc12.